The third-order valence-corrected chi connectivity index (χ3v) is 9.02. The summed E-state index contributed by atoms with van der Waals surface area (Å²) < 4.78 is 15.6. The van der Waals surface area contributed by atoms with E-state index in [-0.39, 0.29) is 57.0 Å². The van der Waals surface area contributed by atoms with E-state index in [1.165, 1.54) is 23.1 Å². The van der Waals surface area contributed by atoms with Gasteiger partial charge < -0.3 is 57.4 Å². The van der Waals surface area contributed by atoms with E-state index in [2.05, 4.69) is 0 Å². The highest BCUT2D eigenvalue weighted by Crippen LogP contribution is 2.36. The molecule has 0 aromatic heterocycles. The lowest BCUT2D eigenvalue weighted by atomic mass is 9.76. The van der Waals surface area contributed by atoms with Crippen LogP contribution in [0.4, 0.5) is 0 Å². The molecule has 0 spiro atoms. The minimum atomic E-state index is -2.58. The molecule has 1 aliphatic rings. The maximum absolute atomic E-state index is 13.4. The van der Waals surface area contributed by atoms with E-state index in [9.17, 15) is 38.7 Å². The number of aromatic hydroxyl groups is 1. The van der Waals surface area contributed by atoms with Crippen molar-refractivity contribution in [1.29, 1.82) is 0 Å². The number of phenolic OH excluding ortho intramolecular Hbond substituents is 1. The number of esters is 3. The van der Waals surface area contributed by atoms with Crippen molar-refractivity contribution in [2.45, 2.75) is 89.1 Å². The Morgan fingerprint density at radius 3 is 2.12 bits per heavy atom. The third-order valence-electron chi connectivity index (χ3n) is 9.02. The lowest BCUT2D eigenvalue weighted by Gasteiger charge is -2.29. The minimum Gasteiger partial charge on any atom is -0.508 e. The van der Waals surface area contributed by atoms with Gasteiger partial charge in [-0.1, -0.05) is 48.5 Å². The molecule has 1 fully saturated rings. The van der Waals surface area contributed by atoms with Gasteiger partial charge in [-0.2, -0.15) is 0 Å². The van der Waals surface area contributed by atoms with Crippen LogP contribution in [-0.2, 0) is 60.8 Å². The van der Waals surface area contributed by atoms with Gasteiger partial charge in [-0.15, -0.1) is 0 Å². The number of amides is 2. The molecule has 2 aromatic rings. The van der Waals surface area contributed by atoms with Gasteiger partial charge in [-0.25, -0.2) is 9.59 Å². The summed E-state index contributed by atoms with van der Waals surface area (Å²) in [6, 6.07) is 11.7. The van der Waals surface area contributed by atoms with Crippen LogP contribution >= 0.6 is 0 Å². The Hall–Kier alpha value is -5.85. The van der Waals surface area contributed by atoms with E-state index in [0.29, 0.717) is 18.4 Å². The molecule has 2 aromatic carbocycles. The standard InChI is InChI=1S/C30H42N4O10.C9H11NO3/c1-19(31)8-6-11-21(26(37)44-18-20-9-4-3-5-10-20)30(28(39)40,29(41)42-2)15-17-43-27(38)23-12-7-16-34(23)25(36)22(32)13-14-24(33)35;10-8(9(12)13)5-6-1-3-7(11)4-2-6/h3-5,9-11,19,22-23H,6-8,12-18,31-32H2,1-2H3,(H2,33,35)(H,39,40);1-4,8,11H,5,10H2,(H,12,13)/b21-11+;/t19?,22-,23-,30?;8-/m00/s1. The summed E-state index contributed by atoms with van der Waals surface area (Å²) >= 11 is 0. The Bertz CT molecular complexity index is 1720. The molecule has 0 bridgehead atoms. The van der Waals surface area contributed by atoms with Crippen molar-refractivity contribution >= 4 is 41.7 Å². The van der Waals surface area contributed by atoms with Gasteiger partial charge in [0.15, 0.2) is 5.41 Å². The first-order chi connectivity index (χ1) is 26.9. The highest BCUT2D eigenvalue weighted by molar-refractivity contribution is 6.11. The molecule has 0 radical (unpaired) electrons. The van der Waals surface area contributed by atoms with Crippen molar-refractivity contribution in [3.63, 3.8) is 0 Å². The predicted molar refractivity (Wildman–Crippen MR) is 203 cm³/mol. The van der Waals surface area contributed by atoms with Gasteiger partial charge in [0.25, 0.3) is 0 Å². The monoisotopic (exact) mass is 799 g/mol. The number of carbonyl (C=O) groups excluding carboxylic acids is 5. The molecule has 18 nitrogen and oxygen atoms in total. The molecule has 0 aliphatic carbocycles. The topological polar surface area (TPSA) is 315 Å². The Morgan fingerprint density at radius 2 is 1.56 bits per heavy atom. The first-order valence-electron chi connectivity index (χ1n) is 18.2. The molecular formula is C39H53N5O13. The number of methoxy groups -OCH3 is 1. The molecule has 18 heteroatoms. The van der Waals surface area contributed by atoms with Gasteiger partial charge in [0.2, 0.25) is 11.8 Å². The number of carboxylic acids is 2. The maximum Gasteiger partial charge on any atom is 0.335 e. The van der Waals surface area contributed by atoms with E-state index in [1.54, 1.807) is 49.4 Å². The maximum atomic E-state index is 13.4. The Balaban J connectivity index is 0.000000726. The molecule has 11 N–H and O–H groups in total. The van der Waals surface area contributed by atoms with Gasteiger partial charge in [-0.3, -0.25) is 24.0 Å². The van der Waals surface area contributed by atoms with Gasteiger partial charge in [0.1, 0.15) is 24.4 Å². The molecule has 2 unspecified atom stereocenters. The largest absolute Gasteiger partial charge is 0.508 e. The fourth-order valence-electron chi connectivity index (χ4n) is 5.84. The van der Waals surface area contributed by atoms with Crippen LogP contribution in [0.1, 0.15) is 63.0 Å². The average molecular weight is 800 g/mol. The number of allylic oxidation sites excluding steroid dienone is 1. The number of benzene rings is 2. The van der Waals surface area contributed by atoms with Crippen molar-refractivity contribution in [3.8, 4) is 5.75 Å². The van der Waals surface area contributed by atoms with Crippen LogP contribution in [0.25, 0.3) is 0 Å². The van der Waals surface area contributed by atoms with Crippen molar-refractivity contribution in [1.82, 2.24) is 4.90 Å². The number of phenols is 1. The van der Waals surface area contributed by atoms with Gasteiger partial charge in [0.05, 0.1) is 25.3 Å². The van der Waals surface area contributed by atoms with Crippen molar-refractivity contribution in [2.75, 3.05) is 20.3 Å². The number of aliphatic carboxylic acids is 2. The van der Waals surface area contributed by atoms with Crippen molar-refractivity contribution in [2.24, 2.45) is 28.3 Å². The lowest BCUT2D eigenvalue weighted by Crippen LogP contribution is -2.49. The van der Waals surface area contributed by atoms with Crippen LogP contribution in [0, 0.1) is 5.41 Å². The number of nitrogens with two attached hydrogens (primary N) is 4. The van der Waals surface area contributed by atoms with E-state index >= 15 is 0 Å². The highest BCUT2D eigenvalue weighted by Gasteiger charge is 2.54. The molecule has 0 saturated carbocycles. The normalized spacial score (nSPS) is 16.4. The first kappa shape index (κ1) is 47.3. The summed E-state index contributed by atoms with van der Waals surface area (Å²) in [4.78, 5) is 87.9. The Morgan fingerprint density at radius 1 is 0.912 bits per heavy atom. The highest BCUT2D eigenvalue weighted by atomic mass is 16.5. The van der Waals surface area contributed by atoms with E-state index in [1.807, 2.05) is 0 Å². The summed E-state index contributed by atoms with van der Waals surface area (Å²) in [5, 5.41) is 27.8. The Kier molecular flexibility index (Phi) is 19.3. The zero-order valence-electron chi connectivity index (χ0n) is 32.0. The van der Waals surface area contributed by atoms with E-state index in [4.69, 9.17) is 47.4 Å². The number of likely N-dealkylation sites (tertiary alicyclic amines) is 1. The van der Waals surface area contributed by atoms with Gasteiger partial charge >= 0.3 is 29.8 Å². The summed E-state index contributed by atoms with van der Waals surface area (Å²) in [5.41, 5.74) is 20.6. The first-order valence-corrected chi connectivity index (χ1v) is 18.2. The van der Waals surface area contributed by atoms with E-state index < -0.39 is 83.8 Å². The molecule has 57 heavy (non-hydrogen) atoms. The number of carbonyl (C=O) groups is 7. The smallest absolute Gasteiger partial charge is 0.335 e. The Labute approximate surface area is 330 Å². The molecule has 1 aliphatic heterocycles. The van der Waals surface area contributed by atoms with Gasteiger partial charge in [-0.05, 0) is 68.7 Å². The molecule has 1 heterocycles. The second kappa shape index (κ2) is 23.3. The van der Waals surface area contributed by atoms with Crippen LogP contribution in [-0.4, -0.2) is 106 Å². The van der Waals surface area contributed by atoms with Crippen LogP contribution in [0.15, 0.2) is 66.2 Å². The van der Waals surface area contributed by atoms with Crippen LogP contribution < -0.4 is 22.9 Å². The number of ether oxygens (including phenoxy) is 3. The summed E-state index contributed by atoms with van der Waals surface area (Å²) in [6.07, 6.45) is 2.06. The van der Waals surface area contributed by atoms with Crippen molar-refractivity contribution < 1.29 is 63.1 Å². The van der Waals surface area contributed by atoms with Crippen molar-refractivity contribution in [3.05, 3.63) is 77.4 Å². The lowest BCUT2D eigenvalue weighted by molar-refractivity contribution is -0.170. The molecule has 3 rings (SSSR count). The molecule has 5 atom stereocenters. The average Bonchev–Trinajstić information content (AvgIpc) is 3.67. The minimum absolute atomic E-state index is 0.00507. The summed E-state index contributed by atoms with van der Waals surface area (Å²) in [7, 11) is 0.977. The van der Waals surface area contributed by atoms with Crippen LogP contribution in [0.2, 0.25) is 0 Å². The molecule has 1 saturated heterocycles. The third kappa shape index (κ3) is 14.6. The van der Waals surface area contributed by atoms with Crippen LogP contribution in [0.5, 0.6) is 5.75 Å². The molecule has 2 amide bonds. The second-order valence-electron chi connectivity index (χ2n) is 13.5. The fraction of sp³-hybridized carbons (Fsp3) is 0.462. The SMILES string of the molecule is COC(=O)C(CCOC(=O)[C@@H]1CCCN1C(=O)[C@@H](N)CCC(N)=O)(C(=O)O)/C(=C/CCC(C)N)C(=O)OCc1ccccc1.N[C@@H](Cc1ccc(O)cc1)C(=O)O. The number of carboxylic acid groups (broad SMARTS) is 2. The number of rotatable bonds is 20. The van der Waals surface area contributed by atoms with Crippen LogP contribution in [0.3, 0.4) is 0 Å². The molecular weight excluding hydrogens is 746 g/mol. The number of nitrogens with zero attached hydrogens (tertiary/aromatic N) is 1. The van der Waals surface area contributed by atoms with Gasteiger partial charge in [0, 0.05) is 25.4 Å². The molecule has 312 valence electrons. The zero-order chi connectivity index (χ0) is 42.7. The number of primary amides is 1. The van der Waals surface area contributed by atoms with E-state index in [0.717, 1.165) is 12.7 Å². The number of hydrogen-bond acceptors (Lipinski definition) is 14. The number of hydrogen-bond donors (Lipinski definition) is 7. The predicted octanol–water partition coefficient (Wildman–Crippen LogP) is 0.891. The fourth-order valence-corrected chi connectivity index (χ4v) is 5.84. The summed E-state index contributed by atoms with van der Waals surface area (Å²) in [5.74, 6) is -6.90. The quantitative estimate of drug-likeness (QED) is 0.0423. The second-order valence-corrected chi connectivity index (χ2v) is 13.5. The summed E-state index contributed by atoms with van der Waals surface area (Å²) in [6.45, 7) is 1.16. The zero-order valence-corrected chi connectivity index (χ0v) is 32.0.